The average Bonchev–Trinajstić information content (AvgIpc) is 3.02. The van der Waals surface area contributed by atoms with Gasteiger partial charge in [0, 0.05) is 5.56 Å². The van der Waals surface area contributed by atoms with Crippen LogP contribution < -0.4 is 10.6 Å². The Morgan fingerprint density at radius 2 is 1.28 bits per heavy atom. The zero-order chi connectivity index (χ0) is 30.3. The number of benzene rings is 5. The van der Waals surface area contributed by atoms with Crippen LogP contribution in [0, 0.1) is 5.82 Å². The van der Waals surface area contributed by atoms with Crippen molar-refractivity contribution in [3.05, 3.63) is 149 Å². The predicted octanol–water partition coefficient (Wildman–Crippen LogP) is 8.01. The van der Waals surface area contributed by atoms with Crippen molar-refractivity contribution in [2.75, 3.05) is 5.32 Å². The van der Waals surface area contributed by atoms with E-state index in [4.69, 9.17) is 11.6 Å². The molecular formula is C35H26ClFN2O4. The van der Waals surface area contributed by atoms with E-state index >= 15 is 0 Å². The van der Waals surface area contributed by atoms with Gasteiger partial charge in [-0.3, -0.25) is 14.4 Å². The van der Waals surface area contributed by atoms with Gasteiger partial charge in [-0.2, -0.15) is 0 Å². The highest BCUT2D eigenvalue weighted by atomic mass is 35.5. The normalized spacial score (nSPS) is 11.4. The molecule has 5 aromatic carbocycles. The lowest BCUT2D eigenvalue weighted by Crippen LogP contribution is -2.31. The second-order valence-electron chi connectivity index (χ2n) is 9.82. The van der Waals surface area contributed by atoms with Crippen LogP contribution in [0.2, 0.25) is 5.02 Å². The SMILES string of the molecule is O=C(O)CC(NC(=O)c1ccccc1NC(=O)c1ccc(-c2ccccc2)cc1)c1ccc(-c2ccc(F)c(Cl)c2)cc1. The van der Waals surface area contributed by atoms with E-state index in [1.165, 1.54) is 12.1 Å². The Kier molecular flexibility index (Phi) is 8.93. The topological polar surface area (TPSA) is 95.5 Å². The number of carbonyl (C=O) groups excluding carboxylic acids is 2. The van der Waals surface area contributed by atoms with Crippen molar-refractivity contribution in [1.82, 2.24) is 5.32 Å². The number of nitrogens with one attached hydrogen (secondary N) is 2. The van der Waals surface area contributed by atoms with Gasteiger partial charge < -0.3 is 15.7 Å². The van der Waals surface area contributed by atoms with Gasteiger partial charge >= 0.3 is 5.97 Å². The van der Waals surface area contributed by atoms with Crippen LogP contribution in [0.3, 0.4) is 0 Å². The summed E-state index contributed by atoms with van der Waals surface area (Å²) in [6, 6.07) is 33.9. The zero-order valence-electron chi connectivity index (χ0n) is 22.8. The standard InChI is InChI=1S/C35H26ClFN2O4/c36-29-20-27(18-19-30(29)37)24-10-14-25(15-11-24)32(21-33(40)41)39-35(43)28-8-4-5-9-31(28)38-34(42)26-16-12-23(13-17-26)22-6-2-1-3-7-22/h1-20,32H,21H2,(H,38,42)(H,39,43)(H,40,41). The molecule has 0 saturated carbocycles. The van der Waals surface area contributed by atoms with Crippen LogP contribution in [-0.2, 0) is 4.79 Å². The first-order valence-electron chi connectivity index (χ1n) is 13.4. The largest absolute Gasteiger partial charge is 0.481 e. The zero-order valence-corrected chi connectivity index (χ0v) is 23.5. The first kappa shape index (κ1) is 29.2. The summed E-state index contributed by atoms with van der Waals surface area (Å²) in [7, 11) is 0. The summed E-state index contributed by atoms with van der Waals surface area (Å²) in [6.07, 6.45) is -0.365. The number of carboxylic acids is 1. The third-order valence-electron chi connectivity index (χ3n) is 6.92. The lowest BCUT2D eigenvalue weighted by Gasteiger charge is -2.19. The molecule has 2 amide bonds. The number of aliphatic carboxylic acids is 1. The molecule has 5 rings (SSSR count). The molecule has 0 aliphatic carbocycles. The maximum absolute atomic E-state index is 13.6. The van der Waals surface area contributed by atoms with E-state index in [0.29, 0.717) is 16.7 Å². The second kappa shape index (κ2) is 13.1. The first-order chi connectivity index (χ1) is 20.8. The summed E-state index contributed by atoms with van der Waals surface area (Å²) in [4.78, 5) is 38.2. The van der Waals surface area contributed by atoms with E-state index in [1.54, 1.807) is 66.7 Å². The minimum absolute atomic E-state index is 0.00690. The molecule has 5 aromatic rings. The molecule has 0 aliphatic heterocycles. The lowest BCUT2D eigenvalue weighted by molar-refractivity contribution is -0.137. The molecular weight excluding hydrogens is 567 g/mol. The Labute approximate surface area is 252 Å². The Morgan fingerprint density at radius 1 is 0.698 bits per heavy atom. The quantitative estimate of drug-likeness (QED) is 0.161. The fraction of sp³-hybridized carbons (Fsp3) is 0.0571. The molecule has 3 N–H and O–H groups in total. The van der Waals surface area contributed by atoms with Crippen LogP contribution in [0.1, 0.15) is 38.7 Å². The Balaban J connectivity index is 1.32. The number of anilines is 1. The molecule has 214 valence electrons. The van der Waals surface area contributed by atoms with Crippen LogP contribution in [0.5, 0.6) is 0 Å². The molecule has 0 bridgehead atoms. The Bertz CT molecular complexity index is 1770. The highest BCUT2D eigenvalue weighted by molar-refractivity contribution is 6.31. The number of rotatable bonds is 9. The van der Waals surface area contributed by atoms with E-state index in [2.05, 4.69) is 10.6 Å². The van der Waals surface area contributed by atoms with E-state index in [-0.39, 0.29) is 22.7 Å². The third-order valence-corrected chi connectivity index (χ3v) is 7.21. The van der Waals surface area contributed by atoms with Gasteiger partial charge in [-0.05, 0) is 64.2 Å². The molecule has 0 spiro atoms. The Hall–Kier alpha value is -5.27. The minimum atomic E-state index is -1.10. The molecule has 0 aliphatic rings. The highest BCUT2D eigenvalue weighted by Gasteiger charge is 2.21. The van der Waals surface area contributed by atoms with Crippen LogP contribution in [0.15, 0.2) is 121 Å². The molecule has 1 atom stereocenters. The molecule has 0 saturated heterocycles. The Morgan fingerprint density at radius 3 is 1.95 bits per heavy atom. The van der Waals surface area contributed by atoms with E-state index in [0.717, 1.165) is 16.7 Å². The van der Waals surface area contributed by atoms with Crippen molar-refractivity contribution in [3.63, 3.8) is 0 Å². The number of para-hydroxylation sites is 1. The molecule has 0 radical (unpaired) electrons. The number of carboxylic acid groups (broad SMARTS) is 1. The molecule has 1 unspecified atom stereocenters. The van der Waals surface area contributed by atoms with Crippen LogP contribution in [-0.4, -0.2) is 22.9 Å². The summed E-state index contributed by atoms with van der Waals surface area (Å²) < 4.78 is 13.6. The van der Waals surface area contributed by atoms with E-state index in [9.17, 15) is 23.9 Å². The molecule has 43 heavy (non-hydrogen) atoms. The fourth-order valence-electron chi connectivity index (χ4n) is 4.68. The van der Waals surface area contributed by atoms with Crippen molar-refractivity contribution in [3.8, 4) is 22.3 Å². The highest BCUT2D eigenvalue weighted by Crippen LogP contribution is 2.28. The average molecular weight is 593 g/mol. The molecule has 8 heteroatoms. The van der Waals surface area contributed by atoms with Crippen LogP contribution >= 0.6 is 11.6 Å². The monoisotopic (exact) mass is 592 g/mol. The van der Waals surface area contributed by atoms with E-state index in [1.807, 2.05) is 42.5 Å². The van der Waals surface area contributed by atoms with Gasteiger partial charge in [0.2, 0.25) is 0 Å². The van der Waals surface area contributed by atoms with Crippen molar-refractivity contribution >= 4 is 35.1 Å². The molecule has 0 heterocycles. The first-order valence-corrected chi connectivity index (χ1v) is 13.8. The summed E-state index contributed by atoms with van der Waals surface area (Å²) >= 11 is 5.91. The summed E-state index contributed by atoms with van der Waals surface area (Å²) in [5.74, 6) is -2.56. The third kappa shape index (κ3) is 7.15. The van der Waals surface area contributed by atoms with Gasteiger partial charge in [0.05, 0.1) is 28.7 Å². The minimum Gasteiger partial charge on any atom is -0.481 e. The number of amides is 2. The number of carbonyl (C=O) groups is 3. The van der Waals surface area contributed by atoms with Gasteiger partial charge in [0.1, 0.15) is 5.82 Å². The number of halogens is 2. The number of hydrogen-bond donors (Lipinski definition) is 3. The predicted molar refractivity (Wildman–Crippen MR) is 166 cm³/mol. The van der Waals surface area contributed by atoms with Crippen molar-refractivity contribution in [2.45, 2.75) is 12.5 Å². The number of hydrogen-bond acceptors (Lipinski definition) is 3. The summed E-state index contributed by atoms with van der Waals surface area (Å²) in [5, 5.41) is 15.1. The summed E-state index contributed by atoms with van der Waals surface area (Å²) in [6.45, 7) is 0. The van der Waals surface area contributed by atoms with Gasteiger partial charge in [-0.15, -0.1) is 0 Å². The van der Waals surface area contributed by atoms with E-state index < -0.39 is 29.6 Å². The molecule has 0 fully saturated rings. The smallest absolute Gasteiger partial charge is 0.305 e. The van der Waals surface area contributed by atoms with Crippen molar-refractivity contribution in [2.24, 2.45) is 0 Å². The lowest BCUT2D eigenvalue weighted by atomic mass is 9.98. The van der Waals surface area contributed by atoms with Crippen LogP contribution in [0.4, 0.5) is 10.1 Å². The summed E-state index contributed by atoms with van der Waals surface area (Å²) in [5.41, 5.74) is 4.89. The van der Waals surface area contributed by atoms with Crippen LogP contribution in [0.25, 0.3) is 22.3 Å². The van der Waals surface area contributed by atoms with Crippen molar-refractivity contribution < 1.29 is 23.9 Å². The van der Waals surface area contributed by atoms with Crippen molar-refractivity contribution in [1.29, 1.82) is 0 Å². The van der Waals surface area contributed by atoms with Gasteiger partial charge in [0.25, 0.3) is 11.8 Å². The maximum atomic E-state index is 13.6. The fourth-order valence-corrected chi connectivity index (χ4v) is 4.86. The molecule has 6 nitrogen and oxygen atoms in total. The maximum Gasteiger partial charge on any atom is 0.305 e. The van der Waals surface area contributed by atoms with Gasteiger partial charge in [-0.1, -0.05) is 96.5 Å². The second-order valence-corrected chi connectivity index (χ2v) is 10.2. The van der Waals surface area contributed by atoms with Gasteiger partial charge in [-0.25, -0.2) is 4.39 Å². The van der Waals surface area contributed by atoms with Gasteiger partial charge in [0.15, 0.2) is 0 Å². The molecule has 0 aromatic heterocycles.